The molecule has 0 saturated carbocycles. The Morgan fingerprint density at radius 2 is 1.85 bits per heavy atom. The van der Waals surface area contributed by atoms with Gasteiger partial charge in [-0.1, -0.05) is 29.8 Å². The van der Waals surface area contributed by atoms with Crippen molar-refractivity contribution in [3.63, 3.8) is 0 Å². The van der Waals surface area contributed by atoms with Gasteiger partial charge >= 0.3 is 5.97 Å². The third-order valence-corrected chi connectivity index (χ3v) is 3.48. The van der Waals surface area contributed by atoms with Crippen molar-refractivity contribution >= 4 is 23.2 Å². The van der Waals surface area contributed by atoms with Crippen molar-refractivity contribution in [1.29, 1.82) is 0 Å². The SMILES string of the molecule is Cc1ccc(-c2nsc(C(=O)OC(C)(C)C)c2N)cc1. The summed E-state index contributed by atoms with van der Waals surface area (Å²) in [5.41, 5.74) is 8.58. The molecular formula is C15H18N2O2S. The molecule has 4 nitrogen and oxygen atoms in total. The molecule has 2 rings (SSSR count). The minimum Gasteiger partial charge on any atom is -0.456 e. The van der Waals surface area contributed by atoms with Crippen LogP contribution in [0.15, 0.2) is 24.3 Å². The molecule has 0 spiro atoms. The van der Waals surface area contributed by atoms with Crippen LogP contribution in [0.2, 0.25) is 0 Å². The quantitative estimate of drug-likeness (QED) is 0.857. The van der Waals surface area contributed by atoms with E-state index >= 15 is 0 Å². The van der Waals surface area contributed by atoms with E-state index in [4.69, 9.17) is 10.5 Å². The van der Waals surface area contributed by atoms with E-state index in [-0.39, 0.29) is 0 Å². The fourth-order valence-electron chi connectivity index (χ4n) is 1.69. The molecule has 0 unspecified atom stereocenters. The number of benzene rings is 1. The van der Waals surface area contributed by atoms with Crippen LogP contribution in [-0.4, -0.2) is 15.9 Å². The second-order valence-electron chi connectivity index (χ2n) is 5.64. The van der Waals surface area contributed by atoms with Gasteiger partial charge in [-0.2, -0.15) is 4.37 Å². The molecule has 20 heavy (non-hydrogen) atoms. The van der Waals surface area contributed by atoms with Crippen LogP contribution in [0.5, 0.6) is 0 Å². The number of hydrogen-bond donors (Lipinski definition) is 1. The van der Waals surface area contributed by atoms with Crippen molar-refractivity contribution in [1.82, 2.24) is 4.37 Å². The summed E-state index contributed by atoms with van der Waals surface area (Å²) in [7, 11) is 0. The van der Waals surface area contributed by atoms with Crippen LogP contribution in [-0.2, 0) is 4.74 Å². The molecule has 1 aromatic carbocycles. The number of nitrogens with zero attached hydrogens (tertiary/aromatic N) is 1. The molecule has 0 aliphatic carbocycles. The lowest BCUT2D eigenvalue weighted by Gasteiger charge is -2.18. The molecule has 0 radical (unpaired) electrons. The van der Waals surface area contributed by atoms with E-state index < -0.39 is 11.6 Å². The minimum atomic E-state index is -0.544. The molecular weight excluding hydrogens is 272 g/mol. The Balaban J connectivity index is 2.32. The molecule has 0 atom stereocenters. The fraction of sp³-hybridized carbons (Fsp3) is 0.333. The van der Waals surface area contributed by atoms with E-state index in [0.29, 0.717) is 16.3 Å². The molecule has 106 valence electrons. The first-order valence-corrected chi connectivity index (χ1v) is 7.11. The zero-order valence-electron chi connectivity index (χ0n) is 12.1. The number of esters is 1. The highest BCUT2D eigenvalue weighted by atomic mass is 32.1. The molecule has 1 aromatic heterocycles. The van der Waals surface area contributed by atoms with Crippen molar-refractivity contribution in [2.45, 2.75) is 33.3 Å². The smallest absolute Gasteiger partial charge is 0.352 e. The molecule has 1 heterocycles. The maximum atomic E-state index is 12.0. The van der Waals surface area contributed by atoms with Gasteiger partial charge in [0, 0.05) is 5.56 Å². The van der Waals surface area contributed by atoms with Gasteiger partial charge in [0.15, 0.2) is 4.88 Å². The van der Waals surface area contributed by atoms with Crippen LogP contribution in [0.4, 0.5) is 5.69 Å². The average molecular weight is 290 g/mol. The second-order valence-corrected chi connectivity index (χ2v) is 6.42. The van der Waals surface area contributed by atoms with Crippen LogP contribution in [0.25, 0.3) is 11.3 Å². The zero-order chi connectivity index (χ0) is 14.9. The van der Waals surface area contributed by atoms with Gasteiger partial charge in [-0.3, -0.25) is 0 Å². The predicted molar refractivity (Wildman–Crippen MR) is 81.9 cm³/mol. The lowest BCUT2D eigenvalue weighted by molar-refractivity contribution is 0.00764. The number of nitrogen functional groups attached to an aromatic ring is 1. The Hall–Kier alpha value is -1.88. The van der Waals surface area contributed by atoms with Crippen molar-refractivity contribution in [3.8, 4) is 11.3 Å². The molecule has 2 aromatic rings. The standard InChI is InChI=1S/C15H18N2O2S/c1-9-5-7-10(8-6-9)12-11(16)13(20-17-12)14(18)19-15(2,3)4/h5-8H,16H2,1-4H3. The molecule has 0 fully saturated rings. The van der Waals surface area contributed by atoms with E-state index in [1.165, 1.54) is 0 Å². The third kappa shape index (κ3) is 3.17. The Morgan fingerprint density at radius 1 is 1.25 bits per heavy atom. The van der Waals surface area contributed by atoms with Crippen LogP contribution < -0.4 is 5.73 Å². The summed E-state index contributed by atoms with van der Waals surface area (Å²) in [6, 6.07) is 7.86. The fourth-order valence-corrected chi connectivity index (χ4v) is 2.39. The van der Waals surface area contributed by atoms with Gasteiger partial charge < -0.3 is 10.5 Å². The van der Waals surface area contributed by atoms with Gasteiger partial charge in [-0.15, -0.1) is 0 Å². The normalized spacial score (nSPS) is 11.4. The topological polar surface area (TPSA) is 65.2 Å². The Bertz CT molecular complexity index is 624. The molecule has 0 aliphatic heterocycles. The van der Waals surface area contributed by atoms with Gasteiger partial charge in [-0.05, 0) is 39.2 Å². The first-order valence-electron chi connectivity index (χ1n) is 6.33. The number of carbonyl (C=O) groups is 1. The van der Waals surface area contributed by atoms with Crippen LogP contribution >= 0.6 is 11.5 Å². The first kappa shape index (κ1) is 14.5. The summed E-state index contributed by atoms with van der Waals surface area (Å²) in [6.07, 6.45) is 0. The number of carbonyl (C=O) groups excluding carboxylic acids is 1. The van der Waals surface area contributed by atoms with E-state index in [9.17, 15) is 4.79 Å². The highest BCUT2D eigenvalue weighted by Gasteiger charge is 2.24. The number of ether oxygens (including phenoxy) is 1. The average Bonchev–Trinajstić information content (AvgIpc) is 2.70. The largest absolute Gasteiger partial charge is 0.456 e. The summed E-state index contributed by atoms with van der Waals surface area (Å²) >= 11 is 1.07. The Morgan fingerprint density at radius 3 is 2.40 bits per heavy atom. The summed E-state index contributed by atoms with van der Waals surface area (Å²) in [4.78, 5) is 12.4. The molecule has 0 saturated heterocycles. The third-order valence-electron chi connectivity index (χ3n) is 2.64. The van der Waals surface area contributed by atoms with E-state index in [0.717, 1.165) is 22.7 Å². The van der Waals surface area contributed by atoms with Crippen molar-refractivity contribution in [2.24, 2.45) is 0 Å². The van der Waals surface area contributed by atoms with Crippen LogP contribution in [0, 0.1) is 6.92 Å². The monoisotopic (exact) mass is 290 g/mol. The zero-order valence-corrected chi connectivity index (χ0v) is 12.9. The van der Waals surface area contributed by atoms with E-state index in [1.807, 2.05) is 52.0 Å². The number of nitrogens with two attached hydrogens (primary N) is 1. The molecule has 0 bridgehead atoms. The van der Waals surface area contributed by atoms with Crippen molar-refractivity contribution < 1.29 is 9.53 Å². The lowest BCUT2D eigenvalue weighted by atomic mass is 10.1. The Kier molecular flexibility index (Phi) is 3.81. The van der Waals surface area contributed by atoms with Crippen LogP contribution in [0.3, 0.4) is 0 Å². The maximum absolute atomic E-state index is 12.0. The van der Waals surface area contributed by atoms with Gasteiger partial charge in [0.2, 0.25) is 0 Å². The highest BCUT2D eigenvalue weighted by Crippen LogP contribution is 2.32. The number of rotatable bonds is 2. The predicted octanol–water partition coefficient (Wildman–Crippen LogP) is 3.66. The lowest BCUT2D eigenvalue weighted by Crippen LogP contribution is -2.23. The van der Waals surface area contributed by atoms with E-state index in [1.54, 1.807) is 0 Å². The summed E-state index contributed by atoms with van der Waals surface area (Å²) in [6.45, 7) is 7.48. The van der Waals surface area contributed by atoms with Gasteiger partial charge in [-0.25, -0.2) is 4.79 Å². The molecule has 0 aliphatic rings. The summed E-state index contributed by atoms with van der Waals surface area (Å²) in [5, 5.41) is 0. The van der Waals surface area contributed by atoms with E-state index in [2.05, 4.69) is 4.37 Å². The Labute approximate surface area is 122 Å². The highest BCUT2D eigenvalue weighted by molar-refractivity contribution is 7.09. The number of anilines is 1. The second kappa shape index (κ2) is 5.25. The number of aryl methyl sites for hydroxylation is 1. The maximum Gasteiger partial charge on any atom is 0.352 e. The molecule has 5 heteroatoms. The minimum absolute atomic E-state index is 0.357. The van der Waals surface area contributed by atoms with Gasteiger partial charge in [0.05, 0.1) is 5.69 Å². The van der Waals surface area contributed by atoms with Crippen LogP contribution in [0.1, 0.15) is 36.0 Å². The van der Waals surface area contributed by atoms with Crippen molar-refractivity contribution in [3.05, 3.63) is 34.7 Å². The van der Waals surface area contributed by atoms with Gasteiger partial charge in [0.1, 0.15) is 11.3 Å². The number of aromatic nitrogens is 1. The van der Waals surface area contributed by atoms with Gasteiger partial charge in [0.25, 0.3) is 0 Å². The number of hydrogen-bond acceptors (Lipinski definition) is 5. The molecule has 0 amide bonds. The van der Waals surface area contributed by atoms with Crippen molar-refractivity contribution in [2.75, 3.05) is 5.73 Å². The first-order chi connectivity index (χ1) is 9.28. The molecule has 2 N–H and O–H groups in total. The summed E-state index contributed by atoms with van der Waals surface area (Å²) in [5.74, 6) is -0.425. The summed E-state index contributed by atoms with van der Waals surface area (Å²) < 4.78 is 9.61.